The molecule has 0 aliphatic rings. The van der Waals surface area contributed by atoms with E-state index in [0.29, 0.717) is 0 Å². The molecule has 2 amide bonds. The van der Waals surface area contributed by atoms with Crippen LogP contribution in [0.2, 0.25) is 0 Å². The van der Waals surface area contributed by atoms with Crippen molar-refractivity contribution >= 4 is 33.3 Å². The summed E-state index contributed by atoms with van der Waals surface area (Å²) in [5.74, 6) is 0. The predicted molar refractivity (Wildman–Crippen MR) is 85.8 cm³/mol. The molecule has 0 saturated heterocycles. The third-order valence-corrected chi connectivity index (χ3v) is 3.51. The zero-order valence-corrected chi connectivity index (χ0v) is 12.6. The molecule has 2 rings (SSSR count). The fourth-order valence-electron chi connectivity index (χ4n) is 1.72. The lowest BCUT2D eigenvalue weighted by Gasteiger charge is -2.10. The van der Waals surface area contributed by atoms with Gasteiger partial charge in [0.15, 0.2) is 0 Å². The number of carbonyl (C=O) groups excluding carboxylic acids is 1. The average Bonchev–Trinajstić information content (AvgIpc) is 2.42. The summed E-state index contributed by atoms with van der Waals surface area (Å²) >= 11 is 3.38. The molecule has 1 atom stereocenters. The van der Waals surface area contributed by atoms with E-state index in [2.05, 4.69) is 26.6 Å². The summed E-state index contributed by atoms with van der Waals surface area (Å²) in [6, 6.07) is 14.6. The van der Waals surface area contributed by atoms with Gasteiger partial charge in [-0.3, -0.25) is 0 Å². The topological polar surface area (TPSA) is 67.1 Å². The number of hydrogen-bond acceptors (Lipinski definition) is 2. The van der Waals surface area contributed by atoms with Crippen molar-refractivity contribution in [1.29, 1.82) is 0 Å². The number of halogens is 1. The monoisotopic (exact) mass is 333 g/mol. The molecule has 20 heavy (non-hydrogen) atoms. The smallest absolute Gasteiger partial charge is 0.323 e. The molecule has 0 saturated carbocycles. The van der Waals surface area contributed by atoms with Gasteiger partial charge in [0.25, 0.3) is 0 Å². The maximum atomic E-state index is 11.9. The van der Waals surface area contributed by atoms with Gasteiger partial charge in [-0.1, -0.05) is 24.3 Å². The van der Waals surface area contributed by atoms with Crippen LogP contribution in [0.15, 0.2) is 53.0 Å². The number of nitrogens with one attached hydrogen (secondary N) is 2. The van der Waals surface area contributed by atoms with E-state index in [1.165, 1.54) is 0 Å². The predicted octanol–water partition coefficient (Wildman–Crippen LogP) is 4.11. The molecular weight excluding hydrogens is 318 g/mol. The summed E-state index contributed by atoms with van der Waals surface area (Å²) in [6.07, 6.45) is 0. The number of anilines is 2. The SMILES string of the molecule is CC(N)c1ccc(NC(=O)Nc2ccccc2Br)cc1. The van der Waals surface area contributed by atoms with Crippen molar-refractivity contribution < 1.29 is 4.79 Å². The molecule has 0 heterocycles. The van der Waals surface area contributed by atoms with E-state index in [1.807, 2.05) is 55.5 Å². The molecule has 4 N–H and O–H groups in total. The second-order valence-electron chi connectivity index (χ2n) is 4.47. The number of carbonyl (C=O) groups is 1. The molecule has 5 heteroatoms. The number of rotatable bonds is 3. The number of urea groups is 1. The minimum absolute atomic E-state index is 0.0156. The number of benzene rings is 2. The third-order valence-electron chi connectivity index (χ3n) is 2.82. The zero-order chi connectivity index (χ0) is 14.5. The summed E-state index contributed by atoms with van der Waals surface area (Å²) in [5, 5.41) is 5.55. The van der Waals surface area contributed by atoms with Crippen molar-refractivity contribution in [2.75, 3.05) is 10.6 Å². The van der Waals surface area contributed by atoms with Gasteiger partial charge in [0.2, 0.25) is 0 Å². The molecule has 2 aromatic carbocycles. The molecule has 0 fully saturated rings. The maximum absolute atomic E-state index is 11.9. The number of hydrogen-bond donors (Lipinski definition) is 3. The highest BCUT2D eigenvalue weighted by molar-refractivity contribution is 9.10. The van der Waals surface area contributed by atoms with Crippen LogP contribution in [0.4, 0.5) is 16.2 Å². The molecule has 104 valence electrons. The van der Waals surface area contributed by atoms with Crippen molar-refractivity contribution in [3.63, 3.8) is 0 Å². The van der Waals surface area contributed by atoms with Gasteiger partial charge >= 0.3 is 6.03 Å². The first kappa shape index (κ1) is 14.6. The van der Waals surface area contributed by atoms with E-state index in [0.717, 1.165) is 21.4 Å². The van der Waals surface area contributed by atoms with Gasteiger partial charge in [-0.15, -0.1) is 0 Å². The Labute approximate surface area is 126 Å². The molecule has 0 aliphatic heterocycles. The molecule has 0 spiro atoms. The standard InChI is InChI=1S/C15H16BrN3O/c1-10(17)11-6-8-12(9-7-11)18-15(20)19-14-5-3-2-4-13(14)16/h2-10H,17H2,1H3,(H2,18,19,20). The zero-order valence-electron chi connectivity index (χ0n) is 11.1. The van der Waals surface area contributed by atoms with E-state index in [9.17, 15) is 4.79 Å². The Balaban J connectivity index is 1.99. The van der Waals surface area contributed by atoms with E-state index in [4.69, 9.17) is 5.73 Å². The Morgan fingerprint density at radius 2 is 1.75 bits per heavy atom. The lowest BCUT2D eigenvalue weighted by Crippen LogP contribution is -2.19. The lowest BCUT2D eigenvalue weighted by atomic mass is 10.1. The molecule has 0 aromatic heterocycles. The Hall–Kier alpha value is -1.85. The highest BCUT2D eigenvalue weighted by atomic mass is 79.9. The van der Waals surface area contributed by atoms with Crippen molar-refractivity contribution in [3.05, 3.63) is 58.6 Å². The largest absolute Gasteiger partial charge is 0.324 e. The van der Waals surface area contributed by atoms with E-state index in [1.54, 1.807) is 0 Å². The van der Waals surface area contributed by atoms with Crippen LogP contribution in [0, 0.1) is 0 Å². The van der Waals surface area contributed by atoms with E-state index < -0.39 is 0 Å². The first-order chi connectivity index (χ1) is 9.56. The number of nitrogens with two attached hydrogens (primary N) is 1. The van der Waals surface area contributed by atoms with Gasteiger partial charge < -0.3 is 16.4 Å². The molecule has 0 bridgehead atoms. The highest BCUT2D eigenvalue weighted by Gasteiger charge is 2.05. The molecule has 2 aromatic rings. The maximum Gasteiger partial charge on any atom is 0.323 e. The van der Waals surface area contributed by atoms with Crippen LogP contribution in [0.1, 0.15) is 18.5 Å². The van der Waals surface area contributed by atoms with Gasteiger partial charge in [0.05, 0.1) is 5.69 Å². The minimum Gasteiger partial charge on any atom is -0.324 e. The normalized spacial score (nSPS) is 11.8. The van der Waals surface area contributed by atoms with Crippen LogP contribution in [0.5, 0.6) is 0 Å². The fraction of sp³-hybridized carbons (Fsp3) is 0.133. The van der Waals surface area contributed by atoms with Crippen LogP contribution < -0.4 is 16.4 Å². The van der Waals surface area contributed by atoms with Crippen LogP contribution in [-0.2, 0) is 0 Å². The summed E-state index contributed by atoms with van der Waals surface area (Å²) in [4.78, 5) is 11.9. The van der Waals surface area contributed by atoms with Crippen LogP contribution in [0.25, 0.3) is 0 Å². The van der Waals surface area contributed by atoms with Gasteiger partial charge in [-0.2, -0.15) is 0 Å². The Bertz CT molecular complexity index is 596. The third kappa shape index (κ3) is 3.82. The molecule has 1 unspecified atom stereocenters. The lowest BCUT2D eigenvalue weighted by molar-refractivity contribution is 0.262. The summed E-state index contributed by atoms with van der Waals surface area (Å²) in [6.45, 7) is 1.92. The first-order valence-corrected chi connectivity index (χ1v) is 7.03. The second-order valence-corrected chi connectivity index (χ2v) is 5.32. The molecule has 0 aliphatic carbocycles. The molecule has 0 radical (unpaired) electrons. The highest BCUT2D eigenvalue weighted by Crippen LogP contribution is 2.21. The molecular formula is C15H16BrN3O. The summed E-state index contributed by atoms with van der Waals surface area (Å²) in [7, 11) is 0. The quantitative estimate of drug-likeness (QED) is 0.791. The molecule has 4 nitrogen and oxygen atoms in total. The summed E-state index contributed by atoms with van der Waals surface area (Å²) < 4.78 is 0.836. The van der Waals surface area contributed by atoms with Crippen LogP contribution >= 0.6 is 15.9 Å². The van der Waals surface area contributed by atoms with Crippen molar-refractivity contribution in [2.24, 2.45) is 5.73 Å². The fourth-order valence-corrected chi connectivity index (χ4v) is 2.10. The first-order valence-electron chi connectivity index (χ1n) is 6.24. The van der Waals surface area contributed by atoms with Gasteiger partial charge in [-0.05, 0) is 52.7 Å². The van der Waals surface area contributed by atoms with Crippen molar-refractivity contribution in [3.8, 4) is 0 Å². The number of amides is 2. The van der Waals surface area contributed by atoms with Crippen LogP contribution in [0.3, 0.4) is 0 Å². The van der Waals surface area contributed by atoms with Crippen LogP contribution in [-0.4, -0.2) is 6.03 Å². The minimum atomic E-state index is -0.287. The number of para-hydroxylation sites is 1. The Kier molecular flexibility index (Phi) is 4.76. The van der Waals surface area contributed by atoms with E-state index >= 15 is 0 Å². The summed E-state index contributed by atoms with van der Waals surface area (Å²) in [5.41, 5.74) is 8.25. The van der Waals surface area contributed by atoms with Gasteiger partial charge in [-0.25, -0.2) is 4.79 Å². The van der Waals surface area contributed by atoms with Gasteiger partial charge in [0.1, 0.15) is 0 Å². The second kappa shape index (κ2) is 6.54. The van der Waals surface area contributed by atoms with Crippen molar-refractivity contribution in [1.82, 2.24) is 0 Å². The Morgan fingerprint density at radius 3 is 2.35 bits per heavy atom. The van der Waals surface area contributed by atoms with Gasteiger partial charge in [0, 0.05) is 16.2 Å². The average molecular weight is 334 g/mol. The Morgan fingerprint density at radius 1 is 1.10 bits per heavy atom. The van der Waals surface area contributed by atoms with E-state index in [-0.39, 0.29) is 12.1 Å². The van der Waals surface area contributed by atoms with Crippen molar-refractivity contribution in [2.45, 2.75) is 13.0 Å².